The highest BCUT2D eigenvalue weighted by Crippen LogP contribution is 2.22. The minimum absolute atomic E-state index is 0.0788. The SMILES string of the molecule is O=[N+]([O-])c1ccc2c(cnn2-c2ccccc2)c1. The molecule has 1 aromatic heterocycles. The van der Waals surface area contributed by atoms with Gasteiger partial charge in [0.25, 0.3) is 5.69 Å². The Hall–Kier alpha value is -2.69. The highest BCUT2D eigenvalue weighted by molar-refractivity contribution is 5.82. The molecule has 0 radical (unpaired) electrons. The Morgan fingerprint density at radius 1 is 1.11 bits per heavy atom. The number of rotatable bonds is 2. The summed E-state index contributed by atoms with van der Waals surface area (Å²) in [5, 5.41) is 15.7. The molecule has 88 valence electrons. The van der Waals surface area contributed by atoms with Crippen LogP contribution < -0.4 is 0 Å². The molecular weight excluding hydrogens is 230 g/mol. The van der Waals surface area contributed by atoms with Gasteiger partial charge in [0, 0.05) is 17.5 Å². The smallest absolute Gasteiger partial charge is 0.258 e. The first kappa shape index (κ1) is 10.5. The van der Waals surface area contributed by atoms with E-state index in [9.17, 15) is 10.1 Å². The first-order valence-electron chi connectivity index (χ1n) is 5.43. The topological polar surface area (TPSA) is 61.0 Å². The lowest BCUT2D eigenvalue weighted by Gasteiger charge is -2.02. The molecule has 0 amide bonds. The summed E-state index contributed by atoms with van der Waals surface area (Å²) >= 11 is 0. The maximum Gasteiger partial charge on any atom is 0.270 e. The average molecular weight is 239 g/mol. The van der Waals surface area contributed by atoms with Crippen molar-refractivity contribution in [3.05, 3.63) is 64.8 Å². The Morgan fingerprint density at radius 2 is 1.89 bits per heavy atom. The maximum absolute atomic E-state index is 10.7. The number of benzene rings is 2. The molecule has 0 bridgehead atoms. The summed E-state index contributed by atoms with van der Waals surface area (Å²) in [6.45, 7) is 0. The molecule has 2 aromatic carbocycles. The predicted molar refractivity (Wildman–Crippen MR) is 67.7 cm³/mol. The quantitative estimate of drug-likeness (QED) is 0.510. The molecule has 0 aliphatic rings. The Balaban J connectivity index is 2.19. The minimum Gasteiger partial charge on any atom is -0.258 e. The van der Waals surface area contributed by atoms with Gasteiger partial charge in [-0.05, 0) is 18.2 Å². The lowest BCUT2D eigenvalue weighted by atomic mass is 10.2. The van der Waals surface area contributed by atoms with Crippen molar-refractivity contribution < 1.29 is 4.92 Å². The van der Waals surface area contributed by atoms with Crippen LogP contribution in [0.3, 0.4) is 0 Å². The van der Waals surface area contributed by atoms with Gasteiger partial charge < -0.3 is 0 Å². The van der Waals surface area contributed by atoms with Crippen LogP contribution in [0.5, 0.6) is 0 Å². The Kier molecular flexibility index (Phi) is 2.30. The lowest BCUT2D eigenvalue weighted by Crippen LogP contribution is -1.95. The summed E-state index contributed by atoms with van der Waals surface area (Å²) in [4.78, 5) is 10.3. The fraction of sp³-hybridized carbons (Fsp3) is 0. The monoisotopic (exact) mass is 239 g/mol. The molecule has 0 spiro atoms. The highest BCUT2D eigenvalue weighted by Gasteiger charge is 2.10. The molecule has 3 aromatic rings. The minimum atomic E-state index is -0.403. The number of nitrogens with zero attached hydrogens (tertiary/aromatic N) is 3. The number of nitro benzene ring substituents is 1. The summed E-state index contributed by atoms with van der Waals surface area (Å²) < 4.78 is 1.76. The second-order valence-electron chi connectivity index (χ2n) is 3.89. The Bertz CT molecular complexity index is 719. The summed E-state index contributed by atoms with van der Waals surface area (Å²) in [7, 11) is 0. The van der Waals surface area contributed by atoms with Gasteiger partial charge >= 0.3 is 0 Å². The highest BCUT2D eigenvalue weighted by atomic mass is 16.6. The van der Waals surface area contributed by atoms with E-state index < -0.39 is 4.92 Å². The van der Waals surface area contributed by atoms with Crippen molar-refractivity contribution in [2.75, 3.05) is 0 Å². The zero-order valence-corrected chi connectivity index (χ0v) is 9.35. The number of non-ortho nitro benzene ring substituents is 1. The van der Waals surface area contributed by atoms with Crippen LogP contribution in [0.15, 0.2) is 54.7 Å². The van der Waals surface area contributed by atoms with Gasteiger partial charge in [-0.15, -0.1) is 0 Å². The largest absolute Gasteiger partial charge is 0.270 e. The van der Waals surface area contributed by atoms with Crippen LogP contribution in [0, 0.1) is 10.1 Å². The fourth-order valence-corrected chi connectivity index (χ4v) is 1.91. The van der Waals surface area contributed by atoms with Crippen molar-refractivity contribution in [3.8, 4) is 5.69 Å². The Labute approximate surface area is 102 Å². The van der Waals surface area contributed by atoms with Crippen molar-refractivity contribution in [2.24, 2.45) is 0 Å². The van der Waals surface area contributed by atoms with Gasteiger partial charge in [0.2, 0.25) is 0 Å². The molecule has 0 saturated heterocycles. The number of aromatic nitrogens is 2. The maximum atomic E-state index is 10.7. The van der Waals surface area contributed by atoms with E-state index in [-0.39, 0.29) is 5.69 Å². The van der Waals surface area contributed by atoms with E-state index >= 15 is 0 Å². The summed E-state index contributed by atoms with van der Waals surface area (Å²) in [5.74, 6) is 0. The van der Waals surface area contributed by atoms with Crippen LogP contribution in [0.1, 0.15) is 0 Å². The third-order valence-electron chi connectivity index (χ3n) is 2.76. The summed E-state index contributed by atoms with van der Waals surface area (Å²) in [6.07, 6.45) is 1.63. The van der Waals surface area contributed by atoms with Crippen LogP contribution in [-0.2, 0) is 0 Å². The molecular formula is C13H9N3O2. The van der Waals surface area contributed by atoms with Crippen LogP contribution in [0.4, 0.5) is 5.69 Å². The third-order valence-corrected chi connectivity index (χ3v) is 2.76. The number of nitro groups is 1. The van der Waals surface area contributed by atoms with Crippen LogP contribution in [-0.4, -0.2) is 14.7 Å². The first-order chi connectivity index (χ1) is 8.75. The number of fused-ring (bicyclic) bond motifs is 1. The summed E-state index contributed by atoms with van der Waals surface area (Å²) in [5.41, 5.74) is 1.86. The molecule has 5 heteroatoms. The number of hydrogen-bond donors (Lipinski definition) is 0. The number of para-hydroxylation sites is 1. The van der Waals surface area contributed by atoms with Gasteiger partial charge in [-0.3, -0.25) is 10.1 Å². The second-order valence-corrected chi connectivity index (χ2v) is 3.89. The zero-order valence-electron chi connectivity index (χ0n) is 9.35. The van der Waals surface area contributed by atoms with E-state index in [1.54, 1.807) is 16.9 Å². The number of hydrogen-bond acceptors (Lipinski definition) is 3. The molecule has 0 aliphatic heterocycles. The average Bonchev–Trinajstić information content (AvgIpc) is 2.82. The third kappa shape index (κ3) is 1.62. The molecule has 0 unspecified atom stereocenters. The van der Waals surface area contributed by atoms with Crippen molar-refractivity contribution in [2.45, 2.75) is 0 Å². The van der Waals surface area contributed by atoms with E-state index in [1.807, 2.05) is 30.3 Å². The van der Waals surface area contributed by atoms with Crippen molar-refractivity contribution in [3.63, 3.8) is 0 Å². The van der Waals surface area contributed by atoms with Gasteiger partial charge in [0.15, 0.2) is 0 Å². The first-order valence-corrected chi connectivity index (χ1v) is 5.43. The van der Waals surface area contributed by atoms with Gasteiger partial charge in [-0.1, -0.05) is 18.2 Å². The lowest BCUT2D eigenvalue weighted by molar-refractivity contribution is -0.384. The van der Waals surface area contributed by atoms with Crippen molar-refractivity contribution in [1.29, 1.82) is 0 Å². The fourth-order valence-electron chi connectivity index (χ4n) is 1.91. The van der Waals surface area contributed by atoms with Gasteiger partial charge in [-0.25, -0.2) is 4.68 Å². The summed E-state index contributed by atoms with van der Waals surface area (Å²) in [6, 6.07) is 14.4. The van der Waals surface area contributed by atoms with Crippen LogP contribution in [0.2, 0.25) is 0 Å². The van der Waals surface area contributed by atoms with Crippen LogP contribution >= 0.6 is 0 Å². The molecule has 1 heterocycles. The van der Waals surface area contributed by atoms with Crippen molar-refractivity contribution in [1.82, 2.24) is 9.78 Å². The second kappa shape index (κ2) is 3.96. The van der Waals surface area contributed by atoms with E-state index in [0.717, 1.165) is 16.6 Å². The Morgan fingerprint density at radius 3 is 2.61 bits per heavy atom. The molecule has 0 saturated carbocycles. The van der Waals surface area contributed by atoms with E-state index in [2.05, 4.69) is 5.10 Å². The van der Waals surface area contributed by atoms with Gasteiger partial charge in [-0.2, -0.15) is 5.10 Å². The normalized spacial score (nSPS) is 10.7. The van der Waals surface area contributed by atoms with E-state index in [0.29, 0.717) is 0 Å². The van der Waals surface area contributed by atoms with E-state index in [4.69, 9.17) is 0 Å². The molecule has 0 fully saturated rings. The molecule has 3 rings (SSSR count). The standard InChI is InChI=1S/C13H9N3O2/c17-16(18)12-6-7-13-10(8-12)9-14-15(13)11-4-2-1-3-5-11/h1-9H. The molecule has 0 aliphatic carbocycles. The van der Waals surface area contributed by atoms with Crippen LogP contribution in [0.25, 0.3) is 16.6 Å². The van der Waals surface area contributed by atoms with Gasteiger partial charge in [0.1, 0.15) is 0 Å². The molecule has 0 atom stereocenters. The zero-order chi connectivity index (χ0) is 12.5. The predicted octanol–water partition coefficient (Wildman–Crippen LogP) is 2.93. The molecule has 0 N–H and O–H groups in total. The molecule has 5 nitrogen and oxygen atoms in total. The van der Waals surface area contributed by atoms with Crippen molar-refractivity contribution >= 4 is 16.6 Å². The van der Waals surface area contributed by atoms with Gasteiger partial charge in [0.05, 0.1) is 22.3 Å². The molecule has 18 heavy (non-hydrogen) atoms. The van der Waals surface area contributed by atoms with E-state index in [1.165, 1.54) is 12.1 Å².